The minimum atomic E-state index is -0.269. The lowest BCUT2D eigenvalue weighted by atomic mass is 10.1. The lowest BCUT2D eigenvalue weighted by Crippen LogP contribution is -2.20. The number of aromatic nitrogens is 4. The number of H-pyrrole nitrogens is 1. The molecule has 0 saturated heterocycles. The number of nitrogens with zero attached hydrogens (tertiary/aromatic N) is 4. The van der Waals surface area contributed by atoms with E-state index in [2.05, 4.69) is 14.8 Å². The molecule has 0 fully saturated rings. The van der Waals surface area contributed by atoms with Gasteiger partial charge in [0, 0.05) is 30.2 Å². The Morgan fingerprint density at radius 3 is 2.71 bits per heavy atom. The lowest BCUT2D eigenvalue weighted by molar-refractivity contribution is 0.414. The number of pyridine rings is 1. The summed E-state index contributed by atoms with van der Waals surface area (Å²) in [4.78, 5) is 15.0. The van der Waals surface area contributed by atoms with Crippen LogP contribution in [-0.4, -0.2) is 34.6 Å². The maximum Gasteiger partial charge on any atom is 0.219 e. The minimum absolute atomic E-state index is 0.269. The van der Waals surface area contributed by atoms with E-state index in [0.717, 1.165) is 50.5 Å². The van der Waals surface area contributed by atoms with Crippen molar-refractivity contribution in [1.82, 2.24) is 19.5 Å². The summed E-state index contributed by atoms with van der Waals surface area (Å²) in [5.41, 5.74) is 5.30. The summed E-state index contributed by atoms with van der Waals surface area (Å²) >= 11 is 0. The number of hydrogen-bond donors (Lipinski definition) is 1. The molecule has 0 amide bonds. The predicted octanol–water partition coefficient (Wildman–Crippen LogP) is 3.82. The van der Waals surface area contributed by atoms with E-state index in [1.165, 1.54) is 12.1 Å². The van der Waals surface area contributed by atoms with Gasteiger partial charge in [-0.25, -0.2) is 14.4 Å². The number of methoxy groups -OCH3 is 1. The minimum Gasteiger partial charge on any atom is -0.497 e. The molecule has 31 heavy (non-hydrogen) atoms. The molecule has 0 bridgehead atoms. The number of anilines is 1. The monoisotopic (exact) mass is 413 g/mol. The number of fused-ring (bicyclic) bond motifs is 3. The molecule has 0 atom stereocenters. The van der Waals surface area contributed by atoms with Crippen molar-refractivity contribution < 1.29 is 9.13 Å². The molecule has 0 saturated carbocycles. The van der Waals surface area contributed by atoms with Gasteiger partial charge in [0.25, 0.3) is 0 Å². The summed E-state index contributed by atoms with van der Waals surface area (Å²) in [6, 6.07) is 16.5. The fourth-order valence-electron chi connectivity index (χ4n) is 3.94. The van der Waals surface area contributed by atoms with Crippen molar-refractivity contribution >= 4 is 35.9 Å². The molecular weight excluding hydrogens is 392 g/mol. The summed E-state index contributed by atoms with van der Waals surface area (Å²) in [5.74, 6) is 1.34. The third-order valence-corrected chi connectivity index (χ3v) is 5.49. The molecule has 0 unspecified atom stereocenters. The van der Waals surface area contributed by atoms with E-state index < -0.39 is 0 Å². The molecule has 5 rings (SSSR count). The highest BCUT2D eigenvalue weighted by Gasteiger charge is 2.18. The number of ether oxygens (including phenoxy) is 1. The molecule has 5 aromatic rings. The molecule has 0 aliphatic heterocycles. The number of nitrogens with one attached hydrogen (secondary N) is 1. The Bertz CT molecular complexity index is 1390. The van der Waals surface area contributed by atoms with Crippen molar-refractivity contribution in [2.75, 3.05) is 11.9 Å². The predicted molar refractivity (Wildman–Crippen MR) is 123 cm³/mol. The average molecular weight is 413 g/mol. The molecule has 0 aliphatic rings. The van der Waals surface area contributed by atoms with Crippen molar-refractivity contribution in [3.05, 3.63) is 72.3 Å². The molecule has 0 radical (unpaired) electrons. The van der Waals surface area contributed by atoms with Crippen LogP contribution in [0.3, 0.4) is 0 Å². The number of imidazole rings is 1. The van der Waals surface area contributed by atoms with E-state index in [1.54, 1.807) is 19.5 Å². The number of aryl methyl sites for hydroxylation is 1. The van der Waals surface area contributed by atoms with Crippen LogP contribution in [0, 0.1) is 5.82 Å². The average Bonchev–Trinajstić information content (AvgIpc) is 3.37. The third kappa shape index (κ3) is 3.40. The summed E-state index contributed by atoms with van der Waals surface area (Å²) < 4.78 is 21.0. The lowest BCUT2D eigenvalue weighted by Gasteiger charge is -2.20. The van der Waals surface area contributed by atoms with Crippen molar-refractivity contribution in [3.8, 4) is 17.0 Å². The van der Waals surface area contributed by atoms with E-state index in [1.807, 2.05) is 56.0 Å². The van der Waals surface area contributed by atoms with Crippen LogP contribution in [0.1, 0.15) is 5.56 Å². The molecule has 154 valence electrons. The van der Waals surface area contributed by atoms with Crippen molar-refractivity contribution in [3.63, 3.8) is 0 Å². The first-order chi connectivity index (χ1) is 15.0. The number of aromatic amines is 1. The van der Waals surface area contributed by atoms with Gasteiger partial charge in [0.2, 0.25) is 7.98 Å². The zero-order chi connectivity index (χ0) is 21.5. The van der Waals surface area contributed by atoms with E-state index in [-0.39, 0.29) is 5.82 Å². The number of hydrogen-bond acceptors (Lipinski definition) is 4. The van der Waals surface area contributed by atoms with Gasteiger partial charge in [-0.3, -0.25) is 0 Å². The van der Waals surface area contributed by atoms with E-state index >= 15 is 0 Å². The van der Waals surface area contributed by atoms with Crippen molar-refractivity contribution in [1.29, 1.82) is 0 Å². The normalized spacial score (nSPS) is 11.3. The van der Waals surface area contributed by atoms with Gasteiger partial charge in [0.15, 0.2) is 0 Å². The highest BCUT2D eigenvalue weighted by atomic mass is 19.1. The second kappa shape index (κ2) is 7.47. The smallest absolute Gasteiger partial charge is 0.219 e. The number of rotatable bonds is 5. The largest absolute Gasteiger partial charge is 0.497 e. The molecular formula is C23H21BFN5O. The molecule has 3 heterocycles. The Kier molecular flexibility index (Phi) is 4.62. The molecule has 0 spiro atoms. The van der Waals surface area contributed by atoms with Crippen molar-refractivity contribution in [2.45, 2.75) is 6.54 Å². The first-order valence-corrected chi connectivity index (χ1v) is 9.97. The van der Waals surface area contributed by atoms with Gasteiger partial charge in [0.1, 0.15) is 28.5 Å². The zero-order valence-electron chi connectivity index (χ0n) is 17.6. The third-order valence-electron chi connectivity index (χ3n) is 5.49. The Morgan fingerprint density at radius 2 is 1.97 bits per heavy atom. The quantitative estimate of drug-likeness (QED) is 0.445. The van der Waals surface area contributed by atoms with E-state index in [9.17, 15) is 4.39 Å². The summed E-state index contributed by atoms with van der Waals surface area (Å²) in [5, 5.41) is 0.954. The van der Waals surface area contributed by atoms with Crippen LogP contribution in [0.4, 0.5) is 10.2 Å². The molecule has 1 N–H and O–H groups in total. The van der Waals surface area contributed by atoms with Gasteiger partial charge in [0.05, 0.1) is 19.0 Å². The van der Waals surface area contributed by atoms with E-state index in [4.69, 9.17) is 9.72 Å². The highest BCUT2D eigenvalue weighted by Crippen LogP contribution is 2.33. The van der Waals surface area contributed by atoms with Gasteiger partial charge < -0.3 is 19.1 Å². The van der Waals surface area contributed by atoms with Gasteiger partial charge in [-0.15, -0.1) is 0 Å². The van der Waals surface area contributed by atoms with Gasteiger partial charge >= 0.3 is 0 Å². The summed E-state index contributed by atoms with van der Waals surface area (Å²) in [6.45, 7) is 0.672. The van der Waals surface area contributed by atoms with Crippen LogP contribution in [0.2, 0.25) is 0 Å². The van der Waals surface area contributed by atoms with Crippen LogP contribution in [0.15, 0.2) is 60.9 Å². The first kappa shape index (κ1) is 19.2. The second-order valence-electron chi connectivity index (χ2n) is 7.65. The van der Waals surface area contributed by atoms with Crippen LogP contribution >= 0.6 is 0 Å². The van der Waals surface area contributed by atoms with Crippen LogP contribution in [0.25, 0.3) is 33.3 Å². The Morgan fingerprint density at radius 1 is 1.16 bits per heavy atom. The Hall–Kier alpha value is -3.81. The molecule has 2 aromatic carbocycles. The molecule has 0 aliphatic carbocycles. The van der Waals surface area contributed by atoms with Crippen molar-refractivity contribution in [2.24, 2.45) is 7.05 Å². The number of benzene rings is 2. The van der Waals surface area contributed by atoms with Gasteiger partial charge in [-0.1, -0.05) is 24.3 Å². The molecule has 6 nitrogen and oxygen atoms in total. The molecule has 8 heteroatoms. The van der Waals surface area contributed by atoms with Crippen LogP contribution < -0.4 is 9.55 Å². The first-order valence-electron chi connectivity index (χ1n) is 9.97. The van der Waals surface area contributed by atoms with Gasteiger partial charge in [-0.05, 0) is 35.9 Å². The maximum atomic E-state index is 13.7. The zero-order valence-corrected chi connectivity index (χ0v) is 17.6. The maximum absolute atomic E-state index is 13.7. The fraction of sp³-hybridized carbons (Fsp3) is 0.130. The summed E-state index contributed by atoms with van der Waals surface area (Å²) in [7, 11) is 5.63. The highest BCUT2D eigenvalue weighted by molar-refractivity contribution is 6.21. The summed E-state index contributed by atoms with van der Waals surface area (Å²) in [6.07, 6.45) is 1.80. The fourth-order valence-corrected chi connectivity index (χ4v) is 3.94. The standard InChI is InChI=1S/C23H21BFN5O/c1-29-13-26-20-21(29)18-11-19(15-4-3-5-16(25)10-15)27-22(18)28-23(20)30(24)12-14-6-8-17(31-2)9-7-14/h3-11,13H,12,24H2,1-2H3,(H,27,28). The SMILES string of the molecule is BN(Cc1ccc(OC)cc1)c1nc2[nH]c(-c3cccc(F)c3)cc2c2c1ncn2C. The van der Waals surface area contributed by atoms with Gasteiger partial charge in [-0.2, -0.15) is 0 Å². The van der Waals surface area contributed by atoms with Crippen LogP contribution in [0.5, 0.6) is 5.75 Å². The number of halogens is 1. The second-order valence-corrected chi connectivity index (χ2v) is 7.65. The Balaban J connectivity index is 1.60. The van der Waals surface area contributed by atoms with E-state index in [0.29, 0.717) is 6.54 Å². The molecule has 3 aromatic heterocycles. The Labute approximate surface area is 179 Å². The topological polar surface area (TPSA) is 59.0 Å². The van der Waals surface area contributed by atoms with Crippen LogP contribution in [-0.2, 0) is 13.6 Å².